The predicted molar refractivity (Wildman–Crippen MR) is 102 cm³/mol. The van der Waals surface area contributed by atoms with Gasteiger partial charge in [0, 0.05) is 42.7 Å². The molecule has 4 rings (SSSR count). The van der Waals surface area contributed by atoms with Crippen molar-refractivity contribution in [3.63, 3.8) is 0 Å². The van der Waals surface area contributed by atoms with Gasteiger partial charge in [-0.05, 0) is 31.0 Å². The van der Waals surface area contributed by atoms with E-state index in [4.69, 9.17) is 0 Å². The fourth-order valence-electron chi connectivity index (χ4n) is 3.44. The Kier molecular flexibility index (Phi) is 4.78. The number of likely N-dealkylation sites (tertiary alicyclic amines) is 1. The van der Waals surface area contributed by atoms with E-state index < -0.39 is 0 Å². The van der Waals surface area contributed by atoms with Crippen LogP contribution in [-0.2, 0) is 0 Å². The minimum absolute atomic E-state index is 0.00246. The molecule has 2 aromatic heterocycles. The summed E-state index contributed by atoms with van der Waals surface area (Å²) in [5.41, 5.74) is 2.31. The lowest BCUT2D eigenvalue weighted by Gasteiger charge is -2.32. The Morgan fingerprint density at radius 3 is 2.33 bits per heavy atom. The molecule has 0 radical (unpaired) electrons. The van der Waals surface area contributed by atoms with Crippen molar-refractivity contribution in [3.05, 3.63) is 82.9 Å². The highest BCUT2D eigenvalue weighted by Crippen LogP contribution is 2.23. The van der Waals surface area contributed by atoms with Crippen LogP contribution in [0.1, 0.15) is 29.2 Å². The number of hydrogen-bond acceptors (Lipinski definition) is 4. The zero-order chi connectivity index (χ0) is 18.6. The van der Waals surface area contributed by atoms with E-state index in [1.807, 2.05) is 35.2 Å². The summed E-state index contributed by atoms with van der Waals surface area (Å²) in [6, 6.07) is 16.6. The maximum atomic E-state index is 12.6. The van der Waals surface area contributed by atoms with Gasteiger partial charge in [-0.2, -0.15) is 5.10 Å². The van der Waals surface area contributed by atoms with Crippen molar-refractivity contribution in [1.82, 2.24) is 19.7 Å². The second-order valence-corrected chi connectivity index (χ2v) is 6.63. The van der Waals surface area contributed by atoms with Gasteiger partial charge in [0.1, 0.15) is 0 Å². The molecule has 6 nitrogen and oxygen atoms in total. The first kappa shape index (κ1) is 17.1. The quantitative estimate of drug-likeness (QED) is 0.720. The topological polar surface area (TPSA) is 68.1 Å². The molecule has 1 aliphatic heterocycles. The number of pyridine rings is 1. The van der Waals surface area contributed by atoms with Gasteiger partial charge in [-0.3, -0.25) is 14.6 Å². The Morgan fingerprint density at radius 1 is 0.926 bits per heavy atom. The second kappa shape index (κ2) is 7.53. The molecule has 0 saturated carbocycles. The summed E-state index contributed by atoms with van der Waals surface area (Å²) in [6.07, 6.45) is 4.67. The minimum Gasteiger partial charge on any atom is -0.338 e. The first-order valence-electron chi connectivity index (χ1n) is 9.07. The maximum absolute atomic E-state index is 12.6. The minimum atomic E-state index is -0.103. The number of rotatable bonds is 3. The summed E-state index contributed by atoms with van der Waals surface area (Å²) in [5, 5.41) is 4.59. The molecule has 1 amide bonds. The number of nitrogens with zero attached hydrogens (tertiary/aromatic N) is 4. The SMILES string of the molecule is O=C(c1ccncc1)N1CCC(n2nc(-c3ccccc3)ccc2=O)CC1. The molecular formula is C21H20N4O2. The molecule has 1 aliphatic rings. The maximum Gasteiger partial charge on any atom is 0.267 e. The first-order valence-corrected chi connectivity index (χ1v) is 9.07. The summed E-state index contributed by atoms with van der Waals surface area (Å²) in [5.74, 6) is 0.00851. The van der Waals surface area contributed by atoms with Crippen LogP contribution in [0.15, 0.2) is 71.8 Å². The molecule has 1 saturated heterocycles. The summed E-state index contributed by atoms with van der Waals surface area (Å²) in [4.78, 5) is 30.7. The molecule has 0 atom stereocenters. The third kappa shape index (κ3) is 3.65. The average Bonchev–Trinajstić information content (AvgIpc) is 2.75. The van der Waals surface area contributed by atoms with Gasteiger partial charge in [-0.1, -0.05) is 30.3 Å². The van der Waals surface area contributed by atoms with Crippen LogP contribution in [0.25, 0.3) is 11.3 Å². The van der Waals surface area contributed by atoms with Crippen molar-refractivity contribution >= 4 is 5.91 Å². The zero-order valence-electron chi connectivity index (χ0n) is 14.9. The van der Waals surface area contributed by atoms with E-state index >= 15 is 0 Å². The van der Waals surface area contributed by atoms with Gasteiger partial charge in [0.15, 0.2) is 0 Å². The van der Waals surface area contributed by atoms with Gasteiger partial charge < -0.3 is 4.90 Å². The molecule has 6 heteroatoms. The van der Waals surface area contributed by atoms with Gasteiger partial charge in [0.25, 0.3) is 11.5 Å². The van der Waals surface area contributed by atoms with Crippen LogP contribution in [0, 0.1) is 0 Å². The molecular weight excluding hydrogens is 340 g/mol. The van der Waals surface area contributed by atoms with Gasteiger partial charge in [-0.15, -0.1) is 0 Å². The third-order valence-electron chi connectivity index (χ3n) is 4.92. The highest BCUT2D eigenvalue weighted by molar-refractivity contribution is 5.94. The van der Waals surface area contributed by atoms with Gasteiger partial charge >= 0.3 is 0 Å². The van der Waals surface area contributed by atoms with Crippen LogP contribution in [0.5, 0.6) is 0 Å². The van der Waals surface area contributed by atoms with Crippen LogP contribution in [0.2, 0.25) is 0 Å². The molecule has 0 N–H and O–H groups in total. The fraction of sp³-hybridized carbons (Fsp3) is 0.238. The predicted octanol–water partition coefficient (Wildman–Crippen LogP) is 2.78. The molecule has 0 aliphatic carbocycles. The van der Waals surface area contributed by atoms with Crippen molar-refractivity contribution in [3.8, 4) is 11.3 Å². The van der Waals surface area contributed by atoms with Crippen LogP contribution in [0.3, 0.4) is 0 Å². The van der Waals surface area contributed by atoms with E-state index in [0.717, 1.165) is 11.3 Å². The van der Waals surface area contributed by atoms with Crippen LogP contribution < -0.4 is 5.56 Å². The van der Waals surface area contributed by atoms with Crippen LogP contribution in [0.4, 0.5) is 0 Å². The Bertz CT molecular complexity index is 978. The number of amides is 1. The van der Waals surface area contributed by atoms with E-state index in [1.54, 1.807) is 41.3 Å². The lowest BCUT2D eigenvalue weighted by Crippen LogP contribution is -2.41. The second-order valence-electron chi connectivity index (χ2n) is 6.63. The van der Waals surface area contributed by atoms with Crippen molar-refractivity contribution in [2.45, 2.75) is 18.9 Å². The Balaban J connectivity index is 1.50. The molecule has 3 aromatic rings. The fourth-order valence-corrected chi connectivity index (χ4v) is 3.44. The zero-order valence-corrected chi connectivity index (χ0v) is 14.9. The number of piperidine rings is 1. The van der Waals surface area contributed by atoms with E-state index in [-0.39, 0.29) is 17.5 Å². The summed E-state index contributed by atoms with van der Waals surface area (Å²) >= 11 is 0. The lowest BCUT2D eigenvalue weighted by atomic mass is 10.0. The Labute approximate surface area is 157 Å². The Morgan fingerprint density at radius 2 is 1.63 bits per heavy atom. The van der Waals surface area contributed by atoms with E-state index in [2.05, 4.69) is 10.1 Å². The van der Waals surface area contributed by atoms with Gasteiger partial charge in [-0.25, -0.2) is 4.68 Å². The molecule has 0 unspecified atom stereocenters. The van der Waals surface area contributed by atoms with Crippen LogP contribution >= 0.6 is 0 Å². The third-order valence-corrected chi connectivity index (χ3v) is 4.92. The number of aromatic nitrogens is 3. The molecule has 1 aromatic carbocycles. The summed E-state index contributed by atoms with van der Waals surface area (Å²) < 4.78 is 1.58. The molecule has 27 heavy (non-hydrogen) atoms. The highest BCUT2D eigenvalue weighted by Gasteiger charge is 2.25. The van der Waals surface area contributed by atoms with Crippen molar-refractivity contribution in [1.29, 1.82) is 0 Å². The lowest BCUT2D eigenvalue weighted by molar-refractivity contribution is 0.0688. The van der Waals surface area contributed by atoms with Crippen molar-refractivity contribution < 1.29 is 4.79 Å². The first-order chi connectivity index (χ1) is 13.2. The highest BCUT2D eigenvalue weighted by atomic mass is 16.2. The van der Waals surface area contributed by atoms with E-state index in [0.29, 0.717) is 31.5 Å². The molecule has 3 heterocycles. The molecule has 0 spiro atoms. The number of benzene rings is 1. The molecule has 0 bridgehead atoms. The Hall–Kier alpha value is -3.28. The van der Waals surface area contributed by atoms with Gasteiger partial charge in [0.2, 0.25) is 0 Å². The van der Waals surface area contributed by atoms with E-state index in [1.165, 1.54) is 0 Å². The van der Waals surface area contributed by atoms with Gasteiger partial charge in [0.05, 0.1) is 11.7 Å². The van der Waals surface area contributed by atoms with Crippen LogP contribution in [-0.4, -0.2) is 38.7 Å². The molecule has 1 fully saturated rings. The normalized spacial score (nSPS) is 14.9. The number of hydrogen-bond donors (Lipinski definition) is 0. The number of carbonyl (C=O) groups excluding carboxylic acids is 1. The number of carbonyl (C=O) groups is 1. The van der Waals surface area contributed by atoms with Crippen molar-refractivity contribution in [2.24, 2.45) is 0 Å². The van der Waals surface area contributed by atoms with Crippen molar-refractivity contribution in [2.75, 3.05) is 13.1 Å². The smallest absolute Gasteiger partial charge is 0.267 e. The average molecular weight is 360 g/mol. The largest absolute Gasteiger partial charge is 0.338 e. The standard InChI is InChI=1S/C21H20N4O2/c26-20-7-6-19(16-4-2-1-3-5-16)23-25(20)18-10-14-24(15-11-18)21(27)17-8-12-22-13-9-17/h1-9,12-13,18H,10-11,14-15H2. The van der Waals surface area contributed by atoms with E-state index in [9.17, 15) is 9.59 Å². The summed E-state index contributed by atoms with van der Waals surface area (Å²) in [6.45, 7) is 1.21. The summed E-state index contributed by atoms with van der Waals surface area (Å²) in [7, 11) is 0. The molecule has 136 valence electrons. The monoisotopic (exact) mass is 360 g/mol.